The van der Waals surface area contributed by atoms with E-state index in [4.69, 9.17) is 14.6 Å². The Kier molecular flexibility index (Phi) is 9.48. The van der Waals surface area contributed by atoms with E-state index in [0.29, 0.717) is 13.2 Å². The first-order valence-corrected chi connectivity index (χ1v) is 7.04. The average molecular weight is 258 g/mol. The van der Waals surface area contributed by atoms with Crippen molar-refractivity contribution >= 4 is 0 Å². The summed E-state index contributed by atoms with van der Waals surface area (Å²) in [5.74, 6) is 0. The number of unbranched alkanes of at least 4 members (excludes halogenated alkanes) is 3. The smallest absolute Gasteiger partial charge is 0.0877 e. The van der Waals surface area contributed by atoms with E-state index in [-0.39, 0.29) is 18.8 Å². The van der Waals surface area contributed by atoms with Crippen LogP contribution in [0.5, 0.6) is 0 Å². The SMILES string of the molecule is OCCCCCCC(O)COCC1[C]CCCO1. The van der Waals surface area contributed by atoms with Crippen molar-refractivity contribution in [3.05, 3.63) is 6.42 Å². The molecule has 0 aromatic carbocycles. The summed E-state index contributed by atoms with van der Waals surface area (Å²) in [5.41, 5.74) is 0. The molecule has 0 amide bonds. The summed E-state index contributed by atoms with van der Waals surface area (Å²) in [7, 11) is 0. The van der Waals surface area contributed by atoms with Gasteiger partial charge in [-0.25, -0.2) is 0 Å². The van der Waals surface area contributed by atoms with Gasteiger partial charge < -0.3 is 19.7 Å². The lowest BCUT2D eigenvalue weighted by atomic mass is 10.1. The van der Waals surface area contributed by atoms with Crippen molar-refractivity contribution in [1.82, 2.24) is 0 Å². The molecule has 0 aromatic heterocycles. The van der Waals surface area contributed by atoms with E-state index in [2.05, 4.69) is 6.42 Å². The summed E-state index contributed by atoms with van der Waals surface area (Å²) in [6, 6.07) is 0. The molecule has 0 aliphatic carbocycles. The van der Waals surface area contributed by atoms with Crippen LogP contribution in [0.1, 0.15) is 44.9 Å². The lowest BCUT2D eigenvalue weighted by molar-refractivity contribution is -0.0388. The number of aliphatic hydroxyl groups excluding tert-OH is 2. The topological polar surface area (TPSA) is 58.9 Å². The molecular weight excluding hydrogens is 232 g/mol. The summed E-state index contributed by atoms with van der Waals surface area (Å²) < 4.78 is 10.9. The highest BCUT2D eigenvalue weighted by Gasteiger charge is 2.15. The van der Waals surface area contributed by atoms with Gasteiger partial charge in [0.1, 0.15) is 0 Å². The Morgan fingerprint density at radius 3 is 2.83 bits per heavy atom. The predicted octanol–water partition coefficient (Wildman–Crippen LogP) is 1.57. The Labute approximate surface area is 110 Å². The maximum atomic E-state index is 9.70. The van der Waals surface area contributed by atoms with Crippen LogP contribution in [0.25, 0.3) is 0 Å². The molecule has 1 heterocycles. The second kappa shape index (κ2) is 10.7. The number of hydrogen-bond donors (Lipinski definition) is 2. The molecule has 2 radical (unpaired) electrons. The Balaban J connectivity index is 1.88. The molecule has 0 aromatic rings. The highest BCUT2D eigenvalue weighted by atomic mass is 16.5. The van der Waals surface area contributed by atoms with Crippen LogP contribution in [0.4, 0.5) is 0 Å². The summed E-state index contributed by atoms with van der Waals surface area (Å²) in [4.78, 5) is 0. The number of rotatable bonds is 10. The largest absolute Gasteiger partial charge is 0.396 e. The van der Waals surface area contributed by atoms with Gasteiger partial charge in [0, 0.05) is 19.6 Å². The van der Waals surface area contributed by atoms with Gasteiger partial charge >= 0.3 is 0 Å². The van der Waals surface area contributed by atoms with Gasteiger partial charge in [-0.05, 0) is 25.7 Å². The third-order valence-electron chi connectivity index (χ3n) is 3.04. The van der Waals surface area contributed by atoms with Gasteiger partial charge in [-0.3, -0.25) is 0 Å². The zero-order valence-electron chi connectivity index (χ0n) is 11.1. The monoisotopic (exact) mass is 258 g/mol. The summed E-state index contributed by atoms with van der Waals surface area (Å²) >= 11 is 0. The molecule has 2 N–H and O–H groups in total. The van der Waals surface area contributed by atoms with E-state index in [1.807, 2.05) is 0 Å². The van der Waals surface area contributed by atoms with E-state index >= 15 is 0 Å². The molecule has 0 saturated carbocycles. The molecule has 1 aliphatic rings. The number of aliphatic hydroxyl groups is 2. The minimum Gasteiger partial charge on any atom is -0.396 e. The summed E-state index contributed by atoms with van der Waals surface area (Å²) in [6.07, 6.45) is 9.53. The van der Waals surface area contributed by atoms with Crippen molar-refractivity contribution in [2.75, 3.05) is 26.4 Å². The van der Waals surface area contributed by atoms with E-state index in [0.717, 1.165) is 51.6 Å². The maximum absolute atomic E-state index is 9.70. The molecule has 0 bridgehead atoms. The standard InChI is InChI=1S/C14H26O4/c15-9-5-2-1-3-7-13(16)11-17-12-14-8-4-6-10-18-14/h13-16H,1-7,9-12H2. The second-order valence-electron chi connectivity index (χ2n) is 4.78. The number of hydrogen-bond acceptors (Lipinski definition) is 4. The third-order valence-corrected chi connectivity index (χ3v) is 3.04. The van der Waals surface area contributed by atoms with Crippen molar-refractivity contribution in [3.8, 4) is 0 Å². The first-order chi connectivity index (χ1) is 8.83. The minimum absolute atomic E-state index is 0.0181. The van der Waals surface area contributed by atoms with Gasteiger partial charge in [0.15, 0.2) is 0 Å². The van der Waals surface area contributed by atoms with Gasteiger partial charge in [0.05, 0.1) is 25.4 Å². The summed E-state index contributed by atoms with van der Waals surface area (Å²) in [6.45, 7) is 1.93. The summed E-state index contributed by atoms with van der Waals surface area (Å²) in [5, 5.41) is 18.3. The molecule has 4 nitrogen and oxygen atoms in total. The van der Waals surface area contributed by atoms with Gasteiger partial charge in [0.2, 0.25) is 0 Å². The van der Waals surface area contributed by atoms with Crippen LogP contribution in [0, 0.1) is 6.42 Å². The van der Waals surface area contributed by atoms with Crippen molar-refractivity contribution in [2.24, 2.45) is 0 Å². The van der Waals surface area contributed by atoms with Crippen molar-refractivity contribution in [2.45, 2.75) is 57.2 Å². The molecule has 106 valence electrons. The van der Waals surface area contributed by atoms with Crippen LogP contribution in [0.3, 0.4) is 0 Å². The predicted molar refractivity (Wildman–Crippen MR) is 69.2 cm³/mol. The molecule has 1 fully saturated rings. The normalized spacial score (nSPS) is 22.0. The quantitative estimate of drug-likeness (QED) is 0.584. The molecule has 4 heteroatoms. The minimum atomic E-state index is -0.386. The Morgan fingerprint density at radius 2 is 2.11 bits per heavy atom. The van der Waals surface area contributed by atoms with Crippen LogP contribution >= 0.6 is 0 Å². The van der Waals surface area contributed by atoms with Crippen LogP contribution < -0.4 is 0 Å². The first-order valence-electron chi connectivity index (χ1n) is 7.04. The molecular formula is C14H26O4. The van der Waals surface area contributed by atoms with Gasteiger partial charge in [-0.15, -0.1) is 0 Å². The zero-order chi connectivity index (χ0) is 13.1. The van der Waals surface area contributed by atoms with Crippen LogP contribution in [0.2, 0.25) is 0 Å². The van der Waals surface area contributed by atoms with Crippen LogP contribution in [0.15, 0.2) is 0 Å². The van der Waals surface area contributed by atoms with Crippen LogP contribution in [-0.4, -0.2) is 48.8 Å². The van der Waals surface area contributed by atoms with Gasteiger partial charge in [-0.2, -0.15) is 0 Å². The van der Waals surface area contributed by atoms with E-state index in [1.165, 1.54) is 0 Å². The number of ether oxygens (including phenoxy) is 2. The fraction of sp³-hybridized carbons (Fsp3) is 0.929. The Bertz CT molecular complexity index is 181. The van der Waals surface area contributed by atoms with Crippen molar-refractivity contribution in [3.63, 3.8) is 0 Å². The average Bonchev–Trinajstić information content (AvgIpc) is 2.40. The lowest BCUT2D eigenvalue weighted by Gasteiger charge is -2.22. The molecule has 1 rings (SSSR count). The van der Waals surface area contributed by atoms with Gasteiger partial charge in [-0.1, -0.05) is 19.3 Å². The third kappa shape index (κ3) is 8.03. The van der Waals surface area contributed by atoms with Crippen molar-refractivity contribution in [1.29, 1.82) is 0 Å². The highest BCUT2D eigenvalue weighted by molar-refractivity contribution is 4.80. The fourth-order valence-corrected chi connectivity index (χ4v) is 1.97. The molecule has 1 saturated heterocycles. The molecule has 18 heavy (non-hydrogen) atoms. The zero-order valence-corrected chi connectivity index (χ0v) is 11.1. The molecule has 2 unspecified atom stereocenters. The van der Waals surface area contributed by atoms with E-state index in [9.17, 15) is 5.11 Å². The van der Waals surface area contributed by atoms with Crippen LogP contribution in [-0.2, 0) is 9.47 Å². The molecule has 1 aliphatic heterocycles. The van der Waals surface area contributed by atoms with Crippen molar-refractivity contribution < 1.29 is 19.7 Å². The Morgan fingerprint density at radius 1 is 1.28 bits per heavy atom. The van der Waals surface area contributed by atoms with Gasteiger partial charge in [0.25, 0.3) is 0 Å². The molecule has 0 spiro atoms. The maximum Gasteiger partial charge on any atom is 0.0877 e. The van der Waals surface area contributed by atoms with E-state index < -0.39 is 0 Å². The highest BCUT2D eigenvalue weighted by Crippen LogP contribution is 2.12. The molecule has 2 atom stereocenters. The lowest BCUT2D eigenvalue weighted by Crippen LogP contribution is -2.27. The Hall–Kier alpha value is -0.160. The first kappa shape index (κ1) is 15.9. The van der Waals surface area contributed by atoms with E-state index in [1.54, 1.807) is 0 Å². The fourth-order valence-electron chi connectivity index (χ4n) is 1.97. The second-order valence-corrected chi connectivity index (χ2v) is 4.78.